The highest BCUT2D eigenvalue weighted by molar-refractivity contribution is 7.21. The number of hydrogen-bond acceptors (Lipinski definition) is 5. The zero-order valence-electron chi connectivity index (χ0n) is 14.2. The molecule has 4 nitrogen and oxygen atoms in total. The molecule has 0 saturated carbocycles. The Kier molecular flexibility index (Phi) is 5.24. The van der Waals surface area contributed by atoms with Crippen molar-refractivity contribution in [2.24, 2.45) is 0 Å². The highest BCUT2D eigenvalue weighted by Gasteiger charge is 2.44. The lowest BCUT2D eigenvalue weighted by Gasteiger charge is -2.15. The van der Waals surface area contributed by atoms with Crippen LogP contribution in [0.1, 0.15) is 12.5 Å². The van der Waals surface area contributed by atoms with E-state index < -0.39 is 23.8 Å². The molecule has 0 saturated heterocycles. The number of hydrogen-bond donors (Lipinski definition) is 0. The minimum Gasteiger partial charge on any atom is -0.459 e. The van der Waals surface area contributed by atoms with Gasteiger partial charge in [-0.15, -0.1) is 11.3 Å². The van der Waals surface area contributed by atoms with E-state index in [-0.39, 0.29) is 17.9 Å². The van der Waals surface area contributed by atoms with Gasteiger partial charge in [0.25, 0.3) is 0 Å². The van der Waals surface area contributed by atoms with E-state index in [0.717, 1.165) is 23.5 Å². The van der Waals surface area contributed by atoms with Crippen LogP contribution in [0, 0.1) is 0 Å². The van der Waals surface area contributed by atoms with Crippen molar-refractivity contribution in [1.82, 2.24) is 4.98 Å². The van der Waals surface area contributed by atoms with Crippen LogP contribution in [0.2, 0.25) is 0 Å². The third kappa shape index (κ3) is 4.22. The number of rotatable bonds is 5. The average Bonchev–Trinajstić information content (AvgIpc) is 3.04. The predicted octanol–water partition coefficient (Wildman–Crippen LogP) is 5.52. The first kappa shape index (κ1) is 20.0. The van der Waals surface area contributed by atoms with Crippen LogP contribution in [0.5, 0.6) is 5.75 Å². The van der Waals surface area contributed by atoms with Crippen molar-refractivity contribution in [3.8, 4) is 16.3 Å². The van der Waals surface area contributed by atoms with E-state index in [2.05, 4.69) is 14.5 Å². The van der Waals surface area contributed by atoms with Crippen molar-refractivity contribution in [3.05, 3.63) is 48.0 Å². The Morgan fingerprint density at radius 3 is 2.36 bits per heavy atom. The molecule has 148 valence electrons. The molecule has 3 rings (SSSR count). The van der Waals surface area contributed by atoms with Gasteiger partial charge in [0.1, 0.15) is 10.8 Å². The number of benzene rings is 2. The Labute approximate surface area is 159 Å². The SMILES string of the molecule is CCOC(=O)C(F)(F)Oc1ccc(-c2nc3cc(C(F)(F)F)ccc3s2)cc1. The van der Waals surface area contributed by atoms with Crippen LogP contribution < -0.4 is 4.74 Å². The molecule has 0 aliphatic rings. The lowest BCUT2D eigenvalue weighted by atomic mass is 10.2. The van der Waals surface area contributed by atoms with Gasteiger partial charge in [-0.1, -0.05) is 0 Å². The first-order chi connectivity index (χ1) is 13.1. The number of nitrogens with zero attached hydrogens (tertiary/aromatic N) is 1. The zero-order chi connectivity index (χ0) is 20.5. The molecule has 0 spiro atoms. The number of carbonyl (C=O) groups is 1. The summed E-state index contributed by atoms with van der Waals surface area (Å²) in [6.07, 6.45) is -8.61. The Balaban J connectivity index is 1.82. The molecule has 3 aromatic rings. The molecule has 0 fully saturated rings. The maximum atomic E-state index is 13.6. The number of aromatic nitrogens is 1. The third-order valence-electron chi connectivity index (χ3n) is 3.58. The van der Waals surface area contributed by atoms with E-state index in [4.69, 9.17) is 0 Å². The van der Waals surface area contributed by atoms with Gasteiger partial charge in [-0.05, 0) is 49.4 Å². The van der Waals surface area contributed by atoms with Crippen molar-refractivity contribution < 1.29 is 36.2 Å². The van der Waals surface area contributed by atoms with Gasteiger partial charge in [0.05, 0.1) is 22.4 Å². The zero-order valence-corrected chi connectivity index (χ0v) is 15.0. The van der Waals surface area contributed by atoms with Crippen LogP contribution in [-0.2, 0) is 15.7 Å². The molecule has 0 atom stereocenters. The molecule has 0 unspecified atom stereocenters. The van der Waals surface area contributed by atoms with E-state index in [1.807, 2.05) is 0 Å². The highest BCUT2D eigenvalue weighted by Crippen LogP contribution is 2.36. The quantitative estimate of drug-likeness (QED) is 0.405. The van der Waals surface area contributed by atoms with Crippen LogP contribution in [0.3, 0.4) is 0 Å². The maximum Gasteiger partial charge on any atom is 0.502 e. The average molecular weight is 417 g/mol. The Hall–Kier alpha value is -2.75. The summed E-state index contributed by atoms with van der Waals surface area (Å²) in [5, 5.41) is 0.415. The van der Waals surface area contributed by atoms with Crippen molar-refractivity contribution in [2.75, 3.05) is 6.61 Å². The van der Waals surface area contributed by atoms with E-state index >= 15 is 0 Å². The van der Waals surface area contributed by atoms with Gasteiger partial charge in [-0.2, -0.15) is 22.0 Å². The molecule has 0 bridgehead atoms. The Morgan fingerprint density at radius 1 is 1.07 bits per heavy atom. The monoisotopic (exact) mass is 417 g/mol. The number of halogens is 5. The number of esters is 1. The predicted molar refractivity (Wildman–Crippen MR) is 92.3 cm³/mol. The molecule has 0 amide bonds. The third-order valence-corrected chi connectivity index (χ3v) is 4.66. The number of ether oxygens (including phenoxy) is 2. The van der Waals surface area contributed by atoms with E-state index in [9.17, 15) is 26.7 Å². The van der Waals surface area contributed by atoms with E-state index in [1.54, 1.807) is 0 Å². The number of fused-ring (bicyclic) bond motifs is 1. The molecule has 0 aliphatic heterocycles. The molecule has 1 heterocycles. The molecular formula is C18H12F5NO3S. The largest absolute Gasteiger partial charge is 0.502 e. The molecule has 1 aromatic heterocycles. The molecular weight excluding hydrogens is 405 g/mol. The summed E-state index contributed by atoms with van der Waals surface area (Å²) in [5.74, 6) is -2.08. The second kappa shape index (κ2) is 7.34. The summed E-state index contributed by atoms with van der Waals surface area (Å²) in [7, 11) is 0. The topological polar surface area (TPSA) is 48.4 Å². The van der Waals surface area contributed by atoms with E-state index in [1.165, 1.54) is 37.3 Å². The summed E-state index contributed by atoms with van der Waals surface area (Å²) < 4.78 is 74.7. The summed E-state index contributed by atoms with van der Waals surface area (Å²) in [4.78, 5) is 15.3. The van der Waals surface area contributed by atoms with Crippen LogP contribution in [0.25, 0.3) is 20.8 Å². The first-order valence-corrected chi connectivity index (χ1v) is 8.74. The van der Waals surface area contributed by atoms with Crippen molar-refractivity contribution >= 4 is 27.5 Å². The molecule has 28 heavy (non-hydrogen) atoms. The molecule has 2 aromatic carbocycles. The van der Waals surface area contributed by atoms with Crippen LogP contribution >= 0.6 is 11.3 Å². The van der Waals surface area contributed by atoms with Gasteiger partial charge in [0, 0.05) is 5.56 Å². The fourth-order valence-electron chi connectivity index (χ4n) is 2.30. The smallest absolute Gasteiger partial charge is 0.459 e. The maximum absolute atomic E-state index is 13.6. The van der Waals surface area contributed by atoms with Crippen LogP contribution in [-0.4, -0.2) is 23.7 Å². The molecule has 0 radical (unpaired) electrons. The molecule has 0 N–H and O–H groups in total. The van der Waals surface area contributed by atoms with Gasteiger partial charge in [0.15, 0.2) is 0 Å². The standard InChI is InChI=1S/C18H12F5NO3S/c1-2-26-16(25)18(22,23)27-12-6-3-10(4-7-12)15-24-13-9-11(17(19,20)21)5-8-14(13)28-15/h3-9H,2H2,1H3. The summed E-state index contributed by atoms with van der Waals surface area (Å²) in [6.45, 7) is 1.17. The molecule has 0 aliphatic carbocycles. The number of thiazole rings is 1. The van der Waals surface area contributed by atoms with Gasteiger partial charge < -0.3 is 9.47 Å². The minimum absolute atomic E-state index is 0.184. The van der Waals surface area contributed by atoms with Crippen molar-refractivity contribution in [3.63, 3.8) is 0 Å². The Morgan fingerprint density at radius 2 is 1.75 bits per heavy atom. The summed E-state index contributed by atoms with van der Waals surface area (Å²) >= 11 is 1.16. The fraction of sp³-hybridized carbons (Fsp3) is 0.222. The normalized spacial score (nSPS) is 12.2. The van der Waals surface area contributed by atoms with Gasteiger partial charge >= 0.3 is 18.3 Å². The Bertz CT molecular complexity index is 999. The van der Waals surface area contributed by atoms with Gasteiger partial charge in [-0.25, -0.2) is 9.78 Å². The van der Waals surface area contributed by atoms with Crippen LogP contribution in [0.15, 0.2) is 42.5 Å². The lowest BCUT2D eigenvalue weighted by molar-refractivity contribution is -0.216. The van der Waals surface area contributed by atoms with Gasteiger partial charge in [-0.3, -0.25) is 0 Å². The lowest BCUT2D eigenvalue weighted by Crippen LogP contribution is -2.36. The minimum atomic E-state index is -4.47. The van der Waals surface area contributed by atoms with Gasteiger partial charge in [0.2, 0.25) is 0 Å². The highest BCUT2D eigenvalue weighted by atomic mass is 32.1. The van der Waals surface area contributed by atoms with Crippen LogP contribution in [0.4, 0.5) is 22.0 Å². The summed E-state index contributed by atoms with van der Waals surface area (Å²) in [6, 6.07) is 8.49. The second-order valence-corrected chi connectivity index (χ2v) is 6.59. The van der Waals surface area contributed by atoms with E-state index in [0.29, 0.717) is 15.3 Å². The van der Waals surface area contributed by atoms with Crippen molar-refractivity contribution in [1.29, 1.82) is 0 Å². The second-order valence-electron chi connectivity index (χ2n) is 5.56. The fourth-order valence-corrected chi connectivity index (χ4v) is 3.25. The van der Waals surface area contributed by atoms with Crippen molar-refractivity contribution in [2.45, 2.75) is 19.2 Å². The summed E-state index contributed by atoms with van der Waals surface area (Å²) in [5.41, 5.74) is -0.118. The first-order valence-electron chi connectivity index (χ1n) is 7.92. The number of carbonyl (C=O) groups excluding carboxylic acids is 1. The number of alkyl halides is 5. The molecule has 10 heteroatoms.